The summed E-state index contributed by atoms with van der Waals surface area (Å²) in [5.41, 5.74) is 0.564. The van der Waals surface area contributed by atoms with Gasteiger partial charge in [0.2, 0.25) is 0 Å². The lowest BCUT2D eigenvalue weighted by Crippen LogP contribution is -2.35. The van der Waals surface area contributed by atoms with E-state index in [-0.39, 0.29) is 17.9 Å². The van der Waals surface area contributed by atoms with Crippen molar-refractivity contribution in [2.45, 2.75) is 26.3 Å². The summed E-state index contributed by atoms with van der Waals surface area (Å²) in [5, 5.41) is 2.74. The summed E-state index contributed by atoms with van der Waals surface area (Å²) in [6, 6.07) is 6.07. The molecule has 2 rings (SSSR count). The van der Waals surface area contributed by atoms with Gasteiger partial charge in [-0.05, 0) is 30.2 Å². The molecule has 1 aliphatic heterocycles. The molecule has 1 fully saturated rings. The van der Waals surface area contributed by atoms with Crippen molar-refractivity contribution in [2.24, 2.45) is 5.92 Å². The number of hydrogen-bond donors (Lipinski definition) is 1. The highest BCUT2D eigenvalue weighted by Gasteiger charge is 2.41. The number of carbonyl (C=O) groups excluding carboxylic acids is 2. The second-order valence-corrected chi connectivity index (χ2v) is 4.68. The van der Waals surface area contributed by atoms with Crippen LogP contribution in [-0.2, 0) is 4.79 Å². The minimum atomic E-state index is -0.431. The van der Waals surface area contributed by atoms with Crippen LogP contribution in [-0.4, -0.2) is 25.1 Å². The lowest BCUT2D eigenvalue weighted by molar-refractivity contribution is -0.119. The Balaban J connectivity index is 2.24. The molecular weight excluding hydrogens is 244 g/mol. The van der Waals surface area contributed by atoms with Gasteiger partial charge in [-0.1, -0.05) is 20.3 Å². The number of carbonyl (C=O) groups is 2. The summed E-state index contributed by atoms with van der Waals surface area (Å²) in [5.74, 6) is 0.624. The van der Waals surface area contributed by atoms with Crippen LogP contribution in [0.15, 0.2) is 24.3 Å². The van der Waals surface area contributed by atoms with Gasteiger partial charge in [-0.2, -0.15) is 0 Å². The number of hydrogen-bond acceptors (Lipinski definition) is 3. The van der Waals surface area contributed by atoms with E-state index in [4.69, 9.17) is 4.74 Å². The molecule has 0 bridgehead atoms. The highest BCUT2D eigenvalue weighted by Crippen LogP contribution is 2.25. The lowest BCUT2D eigenvalue weighted by atomic mass is 9.99. The minimum absolute atomic E-state index is 0.125. The Morgan fingerprint density at radius 1 is 1.32 bits per heavy atom. The van der Waals surface area contributed by atoms with Crippen molar-refractivity contribution in [2.75, 3.05) is 12.0 Å². The number of nitrogens with one attached hydrogen (secondary N) is 1. The largest absolute Gasteiger partial charge is 0.497 e. The van der Waals surface area contributed by atoms with Gasteiger partial charge in [0, 0.05) is 0 Å². The van der Waals surface area contributed by atoms with Crippen molar-refractivity contribution >= 4 is 17.6 Å². The molecule has 3 amide bonds. The number of ether oxygens (including phenoxy) is 1. The normalized spacial score (nSPS) is 20.4. The number of imide groups is 1. The Morgan fingerprint density at radius 3 is 2.47 bits per heavy atom. The smallest absolute Gasteiger partial charge is 0.329 e. The molecule has 102 valence electrons. The van der Waals surface area contributed by atoms with Gasteiger partial charge in [0.1, 0.15) is 11.8 Å². The number of anilines is 1. The highest BCUT2D eigenvalue weighted by atomic mass is 16.5. The first kappa shape index (κ1) is 13.4. The van der Waals surface area contributed by atoms with Crippen LogP contribution in [0.4, 0.5) is 10.5 Å². The molecule has 1 heterocycles. The molecule has 2 atom stereocenters. The molecule has 1 aromatic carbocycles. The van der Waals surface area contributed by atoms with E-state index in [1.165, 1.54) is 4.90 Å². The molecule has 0 saturated carbocycles. The van der Waals surface area contributed by atoms with Gasteiger partial charge in [-0.15, -0.1) is 0 Å². The van der Waals surface area contributed by atoms with Crippen LogP contribution in [0.25, 0.3) is 0 Å². The number of urea groups is 1. The molecule has 1 aliphatic rings. The predicted molar refractivity (Wildman–Crippen MR) is 72.3 cm³/mol. The van der Waals surface area contributed by atoms with E-state index < -0.39 is 6.04 Å². The van der Waals surface area contributed by atoms with Crippen molar-refractivity contribution in [3.8, 4) is 5.75 Å². The van der Waals surface area contributed by atoms with Crippen molar-refractivity contribution in [3.05, 3.63) is 24.3 Å². The summed E-state index contributed by atoms with van der Waals surface area (Å²) in [6.07, 6.45) is 0.840. The molecule has 19 heavy (non-hydrogen) atoms. The number of methoxy groups -OCH3 is 1. The number of benzene rings is 1. The van der Waals surface area contributed by atoms with Crippen LogP contribution in [0, 0.1) is 5.92 Å². The monoisotopic (exact) mass is 262 g/mol. The van der Waals surface area contributed by atoms with E-state index in [9.17, 15) is 9.59 Å². The highest BCUT2D eigenvalue weighted by molar-refractivity contribution is 6.21. The Hall–Kier alpha value is -2.04. The van der Waals surface area contributed by atoms with Crippen molar-refractivity contribution < 1.29 is 14.3 Å². The fourth-order valence-corrected chi connectivity index (χ4v) is 2.10. The van der Waals surface area contributed by atoms with Gasteiger partial charge < -0.3 is 10.1 Å². The summed E-state index contributed by atoms with van der Waals surface area (Å²) in [7, 11) is 1.57. The van der Waals surface area contributed by atoms with E-state index in [1.54, 1.807) is 31.4 Å². The summed E-state index contributed by atoms with van der Waals surface area (Å²) in [4.78, 5) is 25.4. The minimum Gasteiger partial charge on any atom is -0.497 e. The van der Waals surface area contributed by atoms with E-state index in [2.05, 4.69) is 5.32 Å². The Kier molecular flexibility index (Phi) is 3.74. The topological polar surface area (TPSA) is 58.6 Å². The molecule has 0 spiro atoms. The first-order valence-electron chi connectivity index (χ1n) is 6.37. The maximum atomic E-state index is 12.3. The fourth-order valence-electron chi connectivity index (χ4n) is 2.10. The summed E-state index contributed by atoms with van der Waals surface area (Å²) < 4.78 is 5.06. The molecule has 2 unspecified atom stereocenters. The second-order valence-electron chi connectivity index (χ2n) is 4.68. The van der Waals surface area contributed by atoms with Gasteiger partial charge in [0.15, 0.2) is 0 Å². The van der Waals surface area contributed by atoms with E-state index in [0.29, 0.717) is 11.4 Å². The second kappa shape index (κ2) is 5.30. The van der Waals surface area contributed by atoms with Gasteiger partial charge in [-0.25, -0.2) is 9.69 Å². The molecule has 5 nitrogen and oxygen atoms in total. The Bertz CT molecular complexity index is 484. The van der Waals surface area contributed by atoms with E-state index in [0.717, 1.165) is 6.42 Å². The van der Waals surface area contributed by atoms with Crippen LogP contribution in [0.3, 0.4) is 0 Å². The van der Waals surface area contributed by atoms with E-state index in [1.807, 2.05) is 13.8 Å². The Labute approximate surface area is 112 Å². The first-order valence-corrected chi connectivity index (χ1v) is 6.37. The molecule has 0 aliphatic carbocycles. The van der Waals surface area contributed by atoms with Crippen LogP contribution >= 0.6 is 0 Å². The van der Waals surface area contributed by atoms with Crippen molar-refractivity contribution in [3.63, 3.8) is 0 Å². The summed E-state index contributed by atoms with van der Waals surface area (Å²) in [6.45, 7) is 3.96. The molecule has 0 aromatic heterocycles. The molecule has 5 heteroatoms. The fraction of sp³-hybridized carbons (Fsp3) is 0.429. The quantitative estimate of drug-likeness (QED) is 0.846. The van der Waals surface area contributed by atoms with Crippen LogP contribution in [0.1, 0.15) is 20.3 Å². The average molecular weight is 262 g/mol. The van der Waals surface area contributed by atoms with Gasteiger partial charge in [0.05, 0.1) is 12.8 Å². The maximum Gasteiger partial charge on any atom is 0.329 e. The zero-order valence-electron chi connectivity index (χ0n) is 11.3. The number of rotatable bonds is 4. The van der Waals surface area contributed by atoms with Crippen molar-refractivity contribution in [1.29, 1.82) is 0 Å². The first-order chi connectivity index (χ1) is 9.08. The van der Waals surface area contributed by atoms with Gasteiger partial charge in [-0.3, -0.25) is 4.79 Å². The van der Waals surface area contributed by atoms with Gasteiger partial charge >= 0.3 is 6.03 Å². The SMILES string of the molecule is CCC(C)C1NC(=O)N(c2ccc(OC)cc2)C1=O. The number of amides is 3. The Morgan fingerprint density at radius 2 is 1.95 bits per heavy atom. The summed E-state index contributed by atoms with van der Waals surface area (Å²) >= 11 is 0. The van der Waals surface area contributed by atoms with Crippen LogP contribution < -0.4 is 15.0 Å². The van der Waals surface area contributed by atoms with Crippen LogP contribution in [0.5, 0.6) is 5.75 Å². The van der Waals surface area contributed by atoms with Crippen molar-refractivity contribution in [1.82, 2.24) is 5.32 Å². The third-order valence-corrected chi connectivity index (χ3v) is 3.51. The average Bonchev–Trinajstić information content (AvgIpc) is 2.73. The number of nitrogens with zero attached hydrogens (tertiary/aromatic N) is 1. The van der Waals surface area contributed by atoms with Crippen LogP contribution in [0.2, 0.25) is 0 Å². The van der Waals surface area contributed by atoms with E-state index >= 15 is 0 Å². The lowest BCUT2D eigenvalue weighted by Gasteiger charge is -2.16. The zero-order valence-corrected chi connectivity index (χ0v) is 11.3. The third-order valence-electron chi connectivity index (χ3n) is 3.51. The van der Waals surface area contributed by atoms with Gasteiger partial charge in [0.25, 0.3) is 5.91 Å². The predicted octanol–water partition coefficient (Wildman–Crippen LogP) is 2.17. The maximum absolute atomic E-state index is 12.3. The molecular formula is C14H18N2O3. The third kappa shape index (κ3) is 2.41. The standard InChI is InChI=1S/C14H18N2O3/c1-4-9(2)12-13(17)16(14(18)15-12)10-5-7-11(19-3)8-6-10/h5-9,12H,4H2,1-3H3,(H,15,18). The molecule has 1 aromatic rings. The zero-order chi connectivity index (χ0) is 14.0. The molecule has 0 radical (unpaired) electrons. The molecule has 1 N–H and O–H groups in total. The molecule has 1 saturated heterocycles.